The van der Waals surface area contributed by atoms with Crippen LogP contribution in [0.4, 0.5) is 0 Å². The number of hydrogen-bond donors (Lipinski definition) is 1. The summed E-state index contributed by atoms with van der Waals surface area (Å²) in [6.45, 7) is 2.85. The highest BCUT2D eigenvalue weighted by molar-refractivity contribution is 6.30. The van der Waals surface area contributed by atoms with Crippen molar-refractivity contribution in [2.45, 2.75) is 31.8 Å². The first kappa shape index (κ1) is 20.0. The normalized spacial score (nSPS) is 15.5. The number of amides is 1. The lowest BCUT2D eigenvalue weighted by molar-refractivity contribution is -0.121. The van der Waals surface area contributed by atoms with E-state index in [0.717, 1.165) is 43.1 Å². The fourth-order valence-electron chi connectivity index (χ4n) is 3.42. The second kappa shape index (κ2) is 9.45. The summed E-state index contributed by atoms with van der Waals surface area (Å²) in [5.74, 6) is 0.694. The number of methoxy groups -OCH3 is 1. The molecule has 144 valence electrons. The van der Waals surface area contributed by atoms with Gasteiger partial charge in [-0.05, 0) is 48.7 Å². The van der Waals surface area contributed by atoms with E-state index in [-0.39, 0.29) is 18.4 Å². The first-order chi connectivity index (χ1) is 13.0. The molecule has 0 bridgehead atoms. The molecule has 27 heavy (non-hydrogen) atoms. The van der Waals surface area contributed by atoms with Gasteiger partial charge in [0, 0.05) is 41.3 Å². The molecule has 1 N–H and O–H groups in total. The minimum atomic E-state index is 0.00622. The zero-order valence-corrected chi connectivity index (χ0v) is 16.9. The SMILES string of the molecule is COc1ccc(Cl)cc1CC(=O)NC1CCN(Cc2ccc(Cl)cc2)CC1. The first-order valence-corrected chi connectivity index (χ1v) is 9.87. The molecule has 1 fully saturated rings. The Kier molecular flexibility index (Phi) is 7.00. The van der Waals surface area contributed by atoms with Crippen LogP contribution in [0.5, 0.6) is 5.75 Å². The number of carbonyl (C=O) groups is 1. The molecule has 0 aliphatic carbocycles. The Bertz CT molecular complexity index is 772. The number of halogens is 2. The van der Waals surface area contributed by atoms with Gasteiger partial charge in [-0.2, -0.15) is 0 Å². The molecule has 1 amide bonds. The highest BCUT2D eigenvalue weighted by Gasteiger charge is 2.21. The average Bonchev–Trinajstić information content (AvgIpc) is 2.65. The smallest absolute Gasteiger partial charge is 0.224 e. The molecule has 4 nitrogen and oxygen atoms in total. The summed E-state index contributed by atoms with van der Waals surface area (Å²) in [4.78, 5) is 14.8. The number of carbonyl (C=O) groups excluding carboxylic acids is 1. The van der Waals surface area contributed by atoms with Gasteiger partial charge in [-0.3, -0.25) is 9.69 Å². The highest BCUT2D eigenvalue weighted by atomic mass is 35.5. The van der Waals surface area contributed by atoms with Crippen LogP contribution in [0, 0.1) is 0 Å². The molecule has 0 aromatic heterocycles. The van der Waals surface area contributed by atoms with Crippen LogP contribution < -0.4 is 10.1 Å². The molecule has 2 aromatic rings. The molecular formula is C21H24Cl2N2O2. The molecule has 1 aliphatic rings. The summed E-state index contributed by atoms with van der Waals surface area (Å²) in [6.07, 6.45) is 2.17. The van der Waals surface area contributed by atoms with Gasteiger partial charge in [-0.15, -0.1) is 0 Å². The molecule has 1 aliphatic heterocycles. The van der Waals surface area contributed by atoms with Crippen LogP contribution in [0.2, 0.25) is 10.0 Å². The number of likely N-dealkylation sites (tertiary alicyclic amines) is 1. The van der Waals surface area contributed by atoms with Gasteiger partial charge in [0.1, 0.15) is 5.75 Å². The monoisotopic (exact) mass is 406 g/mol. The van der Waals surface area contributed by atoms with Crippen LogP contribution in [-0.4, -0.2) is 37.0 Å². The summed E-state index contributed by atoms with van der Waals surface area (Å²) in [6, 6.07) is 13.5. The van der Waals surface area contributed by atoms with Crippen molar-refractivity contribution in [3.8, 4) is 5.75 Å². The topological polar surface area (TPSA) is 41.6 Å². The zero-order valence-electron chi connectivity index (χ0n) is 15.4. The van der Waals surface area contributed by atoms with E-state index < -0.39 is 0 Å². The van der Waals surface area contributed by atoms with Crippen molar-refractivity contribution < 1.29 is 9.53 Å². The van der Waals surface area contributed by atoms with Crippen molar-refractivity contribution in [1.82, 2.24) is 10.2 Å². The van der Waals surface area contributed by atoms with Crippen molar-refractivity contribution >= 4 is 29.1 Å². The lowest BCUT2D eigenvalue weighted by atomic mass is 10.0. The number of rotatable bonds is 6. The number of ether oxygens (including phenoxy) is 1. The standard InChI is InChI=1S/C21H24Cl2N2O2/c1-27-20-7-6-18(23)12-16(20)13-21(26)24-19-8-10-25(11-9-19)14-15-2-4-17(22)5-3-15/h2-7,12,19H,8-11,13-14H2,1H3,(H,24,26). The number of piperidine rings is 1. The van der Waals surface area contributed by atoms with Crippen LogP contribution in [0.3, 0.4) is 0 Å². The quantitative estimate of drug-likeness (QED) is 0.775. The van der Waals surface area contributed by atoms with Crippen LogP contribution in [0.1, 0.15) is 24.0 Å². The molecule has 0 unspecified atom stereocenters. The maximum Gasteiger partial charge on any atom is 0.224 e. The molecule has 6 heteroatoms. The third kappa shape index (κ3) is 5.86. The van der Waals surface area contributed by atoms with Crippen LogP contribution in [0.15, 0.2) is 42.5 Å². The van der Waals surface area contributed by atoms with Gasteiger partial charge >= 0.3 is 0 Å². The maximum atomic E-state index is 12.4. The van der Waals surface area contributed by atoms with Crippen molar-refractivity contribution in [1.29, 1.82) is 0 Å². The van der Waals surface area contributed by atoms with E-state index in [1.165, 1.54) is 5.56 Å². The molecule has 0 atom stereocenters. The van der Waals surface area contributed by atoms with Gasteiger partial charge in [0.2, 0.25) is 5.91 Å². The lowest BCUT2D eigenvalue weighted by Gasteiger charge is -2.32. The summed E-state index contributed by atoms with van der Waals surface area (Å²) in [5.41, 5.74) is 2.07. The van der Waals surface area contributed by atoms with E-state index >= 15 is 0 Å². The molecule has 3 rings (SSSR count). The van der Waals surface area contributed by atoms with Crippen LogP contribution >= 0.6 is 23.2 Å². The lowest BCUT2D eigenvalue weighted by Crippen LogP contribution is -2.44. The van der Waals surface area contributed by atoms with Crippen LogP contribution in [-0.2, 0) is 17.8 Å². The Morgan fingerprint density at radius 2 is 1.78 bits per heavy atom. The van der Waals surface area contributed by atoms with Crippen molar-refractivity contribution in [2.24, 2.45) is 0 Å². The van der Waals surface area contributed by atoms with Crippen molar-refractivity contribution in [3.05, 3.63) is 63.6 Å². The zero-order chi connectivity index (χ0) is 19.2. The summed E-state index contributed by atoms with van der Waals surface area (Å²) >= 11 is 12.0. The number of hydrogen-bond acceptors (Lipinski definition) is 3. The minimum absolute atomic E-state index is 0.00622. The largest absolute Gasteiger partial charge is 0.496 e. The first-order valence-electron chi connectivity index (χ1n) is 9.12. The molecule has 0 radical (unpaired) electrons. The van der Waals surface area contributed by atoms with E-state index in [4.69, 9.17) is 27.9 Å². The predicted octanol–water partition coefficient (Wildman–Crippen LogP) is 4.33. The molecule has 0 saturated carbocycles. The Morgan fingerprint density at radius 1 is 1.11 bits per heavy atom. The number of nitrogens with zero attached hydrogens (tertiary/aromatic N) is 1. The average molecular weight is 407 g/mol. The second-order valence-electron chi connectivity index (χ2n) is 6.88. The molecule has 1 heterocycles. The molecule has 2 aromatic carbocycles. The maximum absolute atomic E-state index is 12.4. The highest BCUT2D eigenvalue weighted by Crippen LogP contribution is 2.23. The fourth-order valence-corrected chi connectivity index (χ4v) is 3.74. The third-order valence-corrected chi connectivity index (χ3v) is 5.35. The Balaban J connectivity index is 1.47. The summed E-state index contributed by atoms with van der Waals surface area (Å²) in [5, 5.41) is 4.51. The van der Waals surface area contributed by atoms with Gasteiger partial charge in [0.25, 0.3) is 0 Å². The molecular weight excluding hydrogens is 383 g/mol. The van der Waals surface area contributed by atoms with Gasteiger partial charge in [0.05, 0.1) is 13.5 Å². The number of nitrogens with one attached hydrogen (secondary N) is 1. The minimum Gasteiger partial charge on any atom is -0.496 e. The van der Waals surface area contributed by atoms with Gasteiger partial charge < -0.3 is 10.1 Å². The van der Waals surface area contributed by atoms with E-state index in [2.05, 4.69) is 22.3 Å². The van der Waals surface area contributed by atoms with Gasteiger partial charge in [-0.25, -0.2) is 0 Å². The van der Waals surface area contributed by atoms with E-state index in [9.17, 15) is 4.79 Å². The summed E-state index contributed by atoms with van der Waals surface area (Å²) in [7, 11) is 1.60. The Morgan fingerprint density at radius 3 is 2.44 bits per heavy atom. The number of benzene rings is 2. The Hall–Kier alpha value is -1.75. The summed E-state index contributed by atoms with van der Waals surface area (Å²) < 4.78 is 5.32. The predicted molar refractivity (Wildman–Crippen MR) is 110 cm³/mol. The Labute approximate surface area is 170 Å². The van der Waals surface area contributed by atoms with Gasteiger partial charge in [0.15, 0.2) is 0 Å². The van der Waals surface area contributed by atoms with Crippen molar-refractivity contribution in [3.63, 3.8) is 0 Å². The van der Waals surface area contributed by atoms with Crippen LogP contribution in [0.25, 0.3) is 0 Å². The van der Waals surface area contributed by atoms with Gasteiger partial charge in [-0.1, -0.05) is 35.3 Å². The molecule has 0 spiro atoms. The van der Waals surface area contributed by atoms with E-state index in [1.807, 2.05) is 12.1 Å². The van der Waals surface area contributed by atoms with Crippen molar-refractivity contribution in [2.75, 3.05) is 20.2 Å². The second-order valence-corrected chi connectivity index (χ2v) is 7.75. The third-order valence-electron chi connectivity index (χ3n) is 4.87. The molecule has 1 saturated heterocycles. The van der Waals surface area contributed by atoms with E-state index in [0.29, 0.717) is 10.8 Å². The fraction of sp³-hybridized carbons (Fsp3) is 0.381. The van der Waals surface area contributed by atoms with E-state index in [1.54, 1.807) is 25.3 Å².